The number of carbonyl (C=O) groups excluding carboxylic acids is 1. The van der Waals surface area contributed by atoms with Crippen molar-refractivity contribution >= 4 is 44.4 Å². The minimum absolute atomic E-state index is 0.270. The van der Waals surface area contributed by atoms with Gasteiger partial charge in [-0.3, -0.25) is 0 Å². The molecule has 2 amide bonds. The molecule has 0 spiro atoms. The fraction of sp³-hybridized carbons (Fsp3) is 0.0345. The maximum absolute atomic E-state index is 12.7. The van der Waals surface area contributed by atoms with E-state index in [9.17, 15) is 4.79 Å². The summed E-state index contributed by atoms with van der Waals surface area (Å²) in [6.07, 6.45) is 1.73. The van der Waals surface area contributed by atoms with Gasteiger partial charge in [0.15, 0.2) is 0 Å². The third-order valence-corrected chi connectivity index (χ3v) is 6.03. The van der Waals surface area contributed by atoms with E-state index in [4.69, 9.17) is 8.83 Å². The monoisotopic (exact) mass is 459 g/mol. The van der Waals surface area contributed by atoms with E-state index >= 15 is 0 Å². The minimum Gasteiger partial charge on any atom is -0.464 e. The Labute approximate surface area is 200 Å². The van der Waals surface area contributed by atoms with E-state index < -0.39 is 6.03 Å². The zero-order chi connectivity index (χ0) is 23.8. The highest BCUT2D eigenvalue weighted by Crippen LogP contribution is 2.32. The summed E-state index contributed by atoms with van der Waals surface area (Å²) < 4.78 is 11.7. The second-order valence-electron chi connectivity index (χ2n) is 8.33. The zero-order valence-corrected chi connectivity index (χ0v) is 18.9. The maximum atomic E-state index is 12.7. The van der Waals surface area contributed by atoms with Crippen LogP contribution in [0.25, 0.3) is 43.8 Å². The van der Waals surface area contributed by atoms with Crippen LogP contribution in [0.2, 0.25) is 0 Å². The van der Waals surface area contributed by atoms with E-state index in [1.165, 1.54) is 0 Å². The molecule has 6 aromatic rings. The zero-order valence-electron chi connectivity index (χ0n) is 18.9. The highest BCUT2D eigenvalue weighted by molar-refractivity contribution is 6.02. The van der Waals surface area contributed by atoms with Crippen LogP contribution in [0.3, 0.4) is 0 Å². The lowest BCUT2D eigenvalue weighted by Crippen LogP contribution is -2.26. The van der Waals surface area contributed by atoms with Gasteiger partial charge < -0.3 is 14.2 Å². The second-order valence-corrected chi connectivity index (χ2v) is 8.33. The van der Waals surface area contributed by atoms with E-state index in [0.717, 1.165) is 43.8 Å². The molecular formula is C29H21N3O3. The lowest BCUT2D eigenvalue weighted by molar-refractivity contribution is 0.251. The van der Waals surface area contributed by atoms with Gasteiger partial charge in [-0.05, 0) is 41.1 Å². The van der Waals surface area contributed by atoms with Crippen molar-refractivity contribution in [2.24, 2.45) is 5.10 Å². The third kappa shape index (κ3) is 3.91. The van der Waals surface area contributed by atoms with E-state index in [1.807, 2.05) is 91.9 Å². The summed E-state index contributed by atoms with van der Waals surface area (Å²) >= 11 is 0. The predicted molar refractivity (Wildman–Crippen MR) is 138 cm³/mol. The van der Waals surface area contributed by atoms with E-state index in [2.05, 4.69) is 21.9 Å². The molecule has 0 aliphatic heterocycles. The predicted octanol–water partition coefficient (Wildman–Crippen LogP) is 6.95. The fourth-order valence-corrected chi connectivity index (χ4v) is 4.32. The van der Waals surface area contributed by atoms with Crippen LogP contribution >= 0.6 is 0 Å². The van der Waals surface area contributed by atoms with E-state index in [1.54, 1.807) is 6.26 Å². The lowest BCUT2D eigenvalue weighted by atomic mass is 10.0. The lowest BCUT2D eigenvalue weighted by Gasteiger charge is -2.09. The molecule has 0 aliphatic rings. The molecule has 0 bridgehead atoms. The average molecular weight is 460 g/mol. The van der Waals surface area contributed by atoms with Crippen LogP contribution in [0.1, 0.15) is 5.56 Å². The molecule has 2 aromatic heterocycles. The summed E-state index contributed by atoms with van der Waals surface area (Å²) in [4.78, 5) is 12.7. The largest absolute Gasteiger partial charge is 0.464 e. The number of nitrogens with one attached hydrogen (secondary N) is 2. The van der Waals surface area contributed by atoms with Crippen molar-refractivity contribution in [2.45, 2.75) is 6.92 Å². The van der Waals surface area contributed by atoms with Gasteiger partial charge in [0, 0.05) is 28.3 Å². The Morgan fingerprint density at radius 1 is 0.800 bits per heavy atom. The molecule has 0 atom stereocenters. The number of aryl methyl sites for hydroxylation is 1. The van der Waals surface area contributed by atoms with E-state index in [-0.39, 0.29) is 5.55 Å². The maximum Gasteiger partial charge on any atom is 0.339 e. The molecule has 0 radical (unpaired) electrons. The van der Waals surface area contributed by atoms with Gasteiger partial charge in [0.25, 0.3) is 0 Å². The van der Waals surface area contributed by atoms with Gasteiger partial charge >= 0.3 is 6.03 Å². The Morgan fingerprint density at radius 2 is 1.60 bits per heavy atom. The average Bonchev–Trinajstić information content (AvgIpc) is 3.26. The molecule has 0 unspecified atom stereocenters. The van der Waals surface area contributed by atoms with E-state index in [0.29, 0.717) is 11.3 Å². The van der Waals surface area contributed by atoms with Crippen LogP contribution in [-0.2, 0) is 0 Å². The second kappa shape index (κ2) is 8.50. The number of fused-ring (bicyclic) bond motifs is 3. The molecule has 0 saturated carbocycles. The van der Waals surface area contributed by atoms with Crippen molar-refractivity contribution in [1.82, 2.24) is 5.43 Å². The molecule has 6 rings (SSSR count). The van der Waals surface area contributed by atoms with Crippen LogP contribution < -0.4 is 16.3 Å². The fourth-order valence-electron chi connectivity index (χ4n) is 4.32. The minimum atomic E-state index is -0.463. The molecule has 170 valence electrons. The number of hydrogen-bond acceptors (Lipinski definition) is 4. The topological polar surface area (TPSA) is 79.8 Å². The van der Waals surface area contributed by atoms with Crippen molar-refractivity contribution < 1.29 is 13.6 Å². The van der Waals surface area contributed by atoms with Gasteiger partial charge in [-0.25, -0.2) is 10.2 Å². The molecule has 6 nitrogen and oxygen atoms in total. The Morgan fingerprint density at radius 3 is 2.49 bits per heavy atom. The first kappa shape index (κ1) is 20.7. The number of nitrogens with zero attached hydrogens (tertiary/aromatic N) is 1. The van der Waals surface area contributed by atoms with Gasteiger partial charge in [0.05, 0.1) is 12.0 Å². The van der Waals surface area contributed by atoms with Gasteiger partial charge in [0.1, 0.15) is 11.2 Å². The number of furan rings is 1. The van der Waals surface area contributed by atoms with Crippen molar-refractivity contribution in [3.05, 3.63) is 108 Å². The molecule has 0 aliphatic carbocycles. The molecule has 2 N–H and O–H groups in total. The van der Waals surface area contributed by atoms with Crippen molar-refractivity contribution in [3.63, 3.8) is 0 Å². The molecule has 4 aromatic carbocycles. The number of benzene rings is 4. The Bertz CT molecular complexity index is 1780. The number of rotatable bonds is 3. The highest BCUT2D eigenvalue weighted by atomic mass is 16.3. The molecule has 0 saturated heterocycles. The molecule has 0 fully saturated rings. The van der Waals surface area contributed by atoms with Gasteiger partial charge in [0.2, 0.25) is 5.55 Å². The van der Waals surface area contributed by atoms with Gasteiger partial charge in [-0.2, -0.15) is 0 Å². The quantitative estimate of drug-likeness (QED) is 0.281. The highest BCUT2D eigenvalue weighted by Gasteiger charge is 2.12. The SMILES string of the molecule is Cc1coc2cc3oc(=NNC(=O)Nc4cccc5ccccc45)cc(-c4ccccc4)c3cc12. The molecular weight excluding hydrogens is 438 g/mol. The molecule has 6 heteroatoms. The summed E-state index contributed by atoms with van der Waals surface area (Å²) in [6.45, 7) is 2.01. The van der Waals surface area contributed by atoms with Crippen LogP contribution in [-0.4, -0.2) is 6.03 Å². The summed E-state index contributed by atoms with van der Waals surface area (Å²) in [5.41, 5.74) is 7.90. The number of carbonyl (C=O) groups is 1. The summed E-state index contributed by atoms with van der Waals surface area (Å²) in [6, 6.07) is 28.9. The summed E-state index contributed by atoms with van der Waals surface area (Å²) in [5.74, 6) is 0. The first-order valence-electron chi connectivity index (χ1n) is 11.3. The number of hydrogen-bond donors (Lipinski definition) is 2. The van der Waals surface area contributed by atoms with Gasteiger partial charge in [-0.15, -0.1) is 5.10 Å². The Balaban J connectivity index is 1.40. The molecule has 35 heavy (non-hydrogen) atoms. The smallest absolute Gasteiger partial charge is 0.339 e. The van der Waals surface area contributed by atoms with Crippen molar-refractivity contribution in [1.29, 1.82) is 0 Å². The first-order valence-corrected chi connectivity index (χ1v) is 11.3. The van der Waals surface area contributed by atoms with Crippen LogP contribution in [0.15, 0.2) is 111 Å². The van der Waals surface area contributed by atoms with Crippen LogP contribution in [0.4, 0.5) is 10.5 Å². The first-order chi connectivity index (χ1) is 17.2. The molecule has 2 heterocycles. The summed E-state index contributed by atoms with van der Waals surface area (Å²) in [7, 11) is 0. The number of urea groups is 1. The normalized spacial score (nSPS) is 11.9. The Hall–Kier alpha value is -4.84. The third-order valence-electron chi connectivity index (χ3n) is 6.03. The number of anilines is 1. The standard InChI is InChI=1S/C29H21N3O3/c1-18-17-34-26-16-27-24(14-22(18)26)23(20-8-3-2-4-9-20)15-28(35-27)31-32-29(33)30-25-13-7-11-19-10-5-6-12-21(19)25/h2-17H,1H3,(H2,30,32,33). The summed E-state index contributed by atoms with van der Waals surface area (Å²) in [5, 5.41) is 11.1. The van der Waals surface area contributed by atoms with Crippen molar-refractivity contribution in [3.8, 4) is 11.1 Å². The van der Waals surface area contributed by atoms with Crippen LogP contribution in [0, 0.1) is 6.92 Å². The Kier molecular flexibility index (Phi) is 5.04. The van der Waals surface area contributed by atoms with Crippen LogP contribution in [0.5, 0.6) is 0 Å². The number of amides is 2. The van der Waals surface area contributed by atoms with Crippen molar-refractivity contribution in [2.75, 3.05) is 5.32 Å². The van der Waals surface area contributed by atoms with Gasteiger partial charge in [-0.1, -0.05) is 66.7 Å².